The summed E-state index contributed by atoms with van der Waals surface area (Å²) in [6, 6.07) is 17.4. The zero-order valence-electron chi connectivity index (χ0n) is 21.2. The van der Waals surface area contributed by atoms with Crippen LogP contribution in [-0.2, 0) is 21.5 Å². The molecule has 34 heavy (non-hydrogen) atoms. The zero-order valence-corrected chi connectivity index (χ0v) is 21.2. The molecule has 2 amide bonds. The van der Waals surface area contributed by atoms with Crippen molar-refractivity contribution in [1.29, 1.82) is 0 Å². The maximum Gasteiger partial charge on any atom is 0.261 e. The Bertz CT molecular complexity index is 913. The van der Waals surface area contributed by atoms with Crippen molar-refractivity contribution in [3.8, 4) is 5.75 Å². The molecule has 1 saturated carbocycles. The summed E-state index contributed by atoms with van der Waals surface area (Å²) in [7, 11) is 0. The molecule has 184 valence electrons. The molecule has 0 bridgehead atoms. The highest BCUT2D eigenvalue weighted by Gasteiger charge is 2.30. The van der Waals surface area contributed by atoms with E-state index in [1.807, 2.05) is 61.5 Å². The normalized spacial score (nSPS) is 15.4. The Morgan fingerprint density at radius 1 is 1.00 bits per heavy atom. The van der Waals surface area contributed by atoms with E-state index in [1.54, 1.807) is 4.90 Å². The van der Waals surface area contributed by atoms with E-state index in [0.29, 0.717) is 18.7 Å². The first-order chi connectivity index (χ1) is 16.3. The molecule has 1 N–H and O–H groups in total. The van der Waals surface area contributed by atoms with E-state index in [0.717, 1.165) is 31.2 Å². The second-order valence-electron chi connectivity index (χ2n) is 10.3. The number of carbonyl (C=O) groups excluding carboxylic acids is 2. The summed E-state index contributed by atoms with van der Waals surface area (Å²) in [5, 5.41) is 3.21. The van der Waals surface area contributed by atoms with Crippen LogP contribution in [0.2, 0.25) is 0 Å². The molecule has 0 aromatic heterocycles. The molecule has 0 radical (unpaired) electrons. The van der Waals surface area contributed by atoms with E-state index in [-0.39, 0.29) is 29.9 Å². The third-order valence-corrected chi connectivity index (χ3v) is 6.62. The summed E-state index contributed by atoms with van der Waals surface area (Å²) in [5.41, 5.74) is 2.26. The van der Waals surface area contributed by atoms with Crippen molar-refractivity contribution < 1.29 is 14.3 Å². The van der Waals surface area contributed by atoms with Crippen LogP contribution in [0.4, 0.5) is 0 Å². The van der Waals surface area contributed by atoms with Gasteiger partial charge in [-0.15, -0.1) is 0 Å². The van der Waals surface area contributed by atoms with Gasteiger partial charge in [0, 0.05) is 12.6 Å². The van der Waals surface area contributed by atoms with Crippen molar-refractivity contribution in [2.75, 3.05) is 6.61 Å². The van der Waals surface area contributed by atoms with Crippen LogP contribution >= 0.6 is 0 Å². The molecule has 0 heterocycles. The minimum atomic E-state index is -0.526. The molecule has 0 aliphatic heterocycles. The Kier molecular flexibility index (Phi) is 9.14. The molecule has 3 rings (SSSR count). The van der Waals surface area contributed by atoms with E-state index < -0.39 is 6.04 Å². The Morgan fingerprint density at radius 2 is 1.65 bits per heavy atom. The van der Waals surface area contributed by atoms with Crippen molar-refractivity contribution >= 4 is 11.8 Å². The first-order valence-electron chi connectivity index (χ1n) is 12.6. The molecule has 1 aliphatic carbocycles. The molecule has 2 aromatic carbocycles. The quantitative estimate of drug-likeness (QED) is 0.524. The summed E-state index contributed by atoms with van der Waals surface area (Å²) in [5.74, 6) is 0.406. The molecule has 2 aromatic rings. The largest absolute Gasteiger partial charge is 0.484 e. The smallest absolute Gasteiger partial charge is 0.261 e. The van der Waals surface area contributed by atoms with Crippen LogP contribution in [0.25, 0.3) is 0 Å². The van der Waals surface area contributed by atoms with Crippen molar-refractivity contribution in [3.63, 3.8) is 0 Å². The van der Waals surface area contributed by atoms with Crippen LogP contribution in [0.1, 0.15) is 77.3 Å². The molecule has 1 aliphatic rings. The zero-order chi connectivity index (χ0) is 24.6. The fourth-order valence-corrected chi connectivity index (χ4v) is 4.52. The minimum absolute atomic E-state index is 0.0564. The summed E-state index contributed by atoms with van der Waals surface area (Å²) < 4.78 is 5.86. The summed E-state index contributed by atoms with van der Waals surface area (Å²) in [6.07, 6.45) is 6.12. The van der Waals surface area contributed by atoms with Gasteiger partial charge >= 0.3 is 0 Å². The fraction of sp³-hybridized carbons (Fsp3) is 0.517. The van der Waals surface area contributed by atoms with Gasteiger partial charge in [0.05, 0.1) is 0 Å². The average Bonchev–Trinajstić information content (AvgIpc) is 2.83. The van der Waals surface area contributed by atoms with Crippen LogP contribution in [0, 0.1) is 0 Å². The van der Waals surface area contributed by atoms with Crippen molar-refractivity contribution in [2.24, 2.45) is 0 Å². The first kappa shape index (κ1) is 25.8. The number of carbonyl (C=O) groups is 2. The SMILES string of the molecule is CCC(C(=O)NC1CCCCC1)N(Cc1ccccc1)C(=O)COc1ccc(C(C)(C)C)cc1. The molecule has 1 unspecified atom stereocenters. The van der Waals surface area contributed by atoms with Crippen molar-refractivity contribution in [1.82, 2.24) is 10.2 Å². The third-order valence-electron chi connectivity index (χ3n) is 6.62. The highest BCUT2D eigenvalue weighted by molar-refractivity contribution is 5.88. The molecule has 0 spiro atoms. The van der Waals surface area contributed by atoms with Crippen LogP contribution in [-0.4, -0.2) is 35.4 Å². The number of benzene rings is 2. The molecule has 5 nitrogen and oxygen atoms in total. The van der Waals surface area contributed by atoms with E-state index in [2.05, 4.69) is 26.1 Å². The van der Waals surface area contributed by atoms with E-state index >= 15 is 0 Å². The Hall–Kier alpha value is -2.82. The third kappa shape index (κ3) is 7.34. The van der Waals surface area contributed by atoms with Gasteiger partial charge in [0.25, 0.3) is 5.91 Å². The van der Waals surface area contributed by atoms with Crippen LogP contribution < -0.4 is 10.1 Å². The van der Waals surface area contributed by atoms with Gasteiger partial charge in [-0.1, -0.05) is 89.4 Å². The second kappa shape index (κ2) is 12.0. The van der Waals surface area contributed by atoms with Crippen LogP contribution in [0.5, 0.6) is 5.75 Å². The minimum Gasteiger partial charge on any atom is -0.484 e. The molecular formula is C29H40N2O3. The van der Waals surface area contributed by atoms with Gasteiger partial charge < -0.3 is 15.0 Å². The van der Waals surface area contributed by atoms with Gasteiger partial charge in [0.1, 0.15) is 11.8 Å². The number of hydrogen-bond donors (Lipinski definition) is 1. The molecule has 5 heteroatoms. The van der Waals surface area contributed by atoms with Gasteiger partial charge in [-0.3, -0.25) is 9.59 Å². The summed E-state index contributed by atoms with van der Waals surface area (Å²) in [4.78, 5) is 28.3. The fourth-order valence-electron chi connectivity index (χ4n) is 4.52. The summed E-state index contributed by atoms with van der Waals surface area (Å²) in [6.45, 7) is 8.73. The Labute approximate surface area is 204 Å². The Morgan fingerprint density at radius 3 is 2.24 bits per heavy atom. The van der Waals surface area contributed by atoms with Gasteiger partial charge in [0.2, 0.25) is 5.91 Å². The highest BCUT2D eigenvalue weighted by atomic mass is 16.5. The molecule has 0 saturated heterocycles. The highest BCUT2D eigenvalue weighted by Crippen LogP contribution is 2.24. The van der Waals surface area contributed by atoms with Gasteiger partial charge in [-0.2, -0.15) is 0 Å². The predicted octanol–water partition coefficient (Wildman–Crippen LogP) is 5.62. The van der Waals surface area contributed by atoms with Crippen molar-refractivity contribution in [3.05, 3.63) is 65.7 Å². The van der Waals surface area contributed by atoms with E-state index in [9.17, 15) is 9.59 Å². The maximum absolute atomic E-state index is 13.4. The lowest BCUT2D eigenvalue weighted by molar-refractivity contribution is -0.143. The van der Waals surface area contributed by atoms with Crippen LogP contribution in [0.15, 0.2) is 54.6 Å². The molecule has 1 fully saturated rings. The number of ether oxygens (including phenoxy) is 1. The number of nitrogens with one attached hydrogen (secondary N) is 1. The first-order valence-corrected chi connectivity index (χ1v) is 12.6. The van der Waals surface area contributed by atoms with Crippen molar-refractivity contribution in [2.45, 2.75) is 90.3 Å². The number of nitrogens with zero attached hydrogens (tertiary/aromatic N) is 1. The van der Waals surface area contributed by atoms with Crippen LogP contribution in [0.3, 0.4) is 0 Å². The van der Waals surface area contributed by atoms with Gasteiger partial charge in [-0.25, -0.2) is 0 Å². The van der Waals surface area contributed by atoms with E-state index in [4.69, 9.17) is 4.74 Å². The topological polar surface area (TPSA) is 58.6 Å². The molecular weight excluding hydrogens is 424 g/mol. The molecule has 1 atom stereocenters. The lowest BCUT2D eigenvalue weighted by Crippen LogP contribution is -2.52. The number of amides is 2. The predicted molar refractivity (Wildman–Crippen MR) is 137 cm³/mol. The van der Waals surface area contributed by atoms with Gasteiger partial charge in [0.15, 0.2) is 6.61 Å². The average molecular weight is 465 g/mol. The summed E-state index contributed by atoms with van der Waals surface area (Å²) >= 11 is 0. The number of rotatable bonds is 9. The lowest BCUT2D eigenvalue weighted by atomic mass is 9.87. The van der Waals surface area contributed by atoms with Gasteiger partial charge in [-0.05, 0) is 47.9 Å². The second-order valence-corrected chi connectivity index (χ2v) is 10.3. The van der Waals surface area contributed by atoms with E-state index in [1.165, 1.54) is 12.0 Å². The maximum atomic E-state index is 13.4. The Balaban J connectivity index is 1.71. The monoisotopic (exact) mass is 464 g/mol. The lowest BCUT2D eigenvalue weighted by Gasteiger charge is -2.32. The number of hydrogen-bond acceptors (Lipinski definition) is 3. The standard InChI is InChI=1S/C29H40N2O3/c1-5-26(28(33)30-24-14-10-7-11-15-24)31(20-22-12-8-6-9-13-22)27(32)21-34-25-18-16-23(17-19-25)29(2,3)4/h6,8-9,12-13,16-19,24,26H,5,7,10-11,14-15,20-21H2,1-4H3,(H,30,33).